The summed E-state index contributed by atoms with van der Waals surface area (Å²) in [6.45, 7) is 2.70. The first kappa shape index (κ1) is 14.8. The van der Waals surface area contributed by atoms with Crippen molar-refractivity contribution in [2.24, 2.45) is 0 Å². The molecule has 0 aliphatic rings. The number of carbonyl (C=O) groups excluding carboxylic acids is 2. The molecule has 2 aromatic rings. The predicted molar refractivity (Wildman–Crippen MR) is 78.3 cm³/mol. The fraction of sp³-hybridized carbons (Fsp3) is 0.176. The Balaban J connectivity index is 2.33. The van der Waals surface area contributed by atoms with Crippen LogP contribution in [0.25, 0.3) is 0 Å². The standard InChI is InChI=1S/C17H16O4/c1-12(18)20-16-8-9-17(21-13(2)19)15(11-16)10-14-6-4-3-5-7-14/h3-9,11H,10H2,1-2H3. The molecule has 4 heteroatoms. The van der Waals surface area contributed by atoms with Crippen molar-refractivity contribution in [3.63, 3.8) is 0 Å². The smallest absolute Gasteiger partial charge is 0.308 e. The first-order valence-corrected chi connectivity index (χ1v) is 6.58. The number of hydrogen-bond acceptors (Lipinski definition) is 4. The molecule has 0 spiro atoms. The van der Waals surface area contributed by atoms with E-state index in [1.54, 1.807) is 18.2 Å². The van der Waals surface area contributed by atoms with Gasteiger partial charge in [-0.1, -0.05) is 30.3 Å². The summed E-state index contributed by atoms with van der Waals surface area (Å²) in [7, 11) is 0. The van der Waals surface area contributed by atoms with Crippen LogP contribution < -0.4 is 9.47 Å². The van der Waals surface area contributed by atoms with Gasteiger partial charge in [-0.3, -0.25) is 9.59 Å². The van der Waals surface area contributed by atoms with E-state index in [-0.39, 0.29) is 11.9 Å². The third-order valence-corrected chi connectivity index (χ3v) is 2.78. The second kappa shape index (κ2) is 6.70. The zero-order chi connectivity index (χ0) is 15.2. The van der Waals surface area contributed by atoms with Gasteiger partial charge < -0.3 is 9.47 Å². The molecule has 0 aliphatic heterocycles. The Hall–Kier alpha value is -2.62. The highest BCUT2D eigenvalue weighted by molar-refractivity contribution is 5.71. The van der Waals surface area contributed by atoms with Crippen molar-refractivity contribution in [3.8, 4) is 11.5 Å². The molecule has 0 heterocycles. The van der Waals surface area contributed by atoms with Crippen LogP contribution in [-0.2, 0) is 16.0 Å². The third kappa shape index (κ3) is 4.45. The molecule has 0 unspecified atom stereocenters. The molecule has 0 bridgehead atoms. The topological polar surface area (TPSA) is 52.6 Å². The molecular weight excluding hydrogens is 268 g/mol. The van der Waals surface area contributed by atoms with Crippen molar-refractivity contribution < 1.29 is 19.1 Å². The number of rotatable bonds is 4. The van der Waals surface area contributed by atoms with E-state index in [1.165, 1.54) is 13.8 Å². The zero-order valence-corrected chi connectivity index (χ0v) is 12.0. The van der Waals surface area contributed by atoms with Gasteiger partial charge in [0.15, 0.2) is 0 Å². The van der Waals surface area contributed by atoms with E-state index in [2.05, 4.69) is 0 Å². The molecule has 0 fully saturated rings. The van der Waals surface area contributed by atoms with Crippen LogP contribution in [0.15, 0.2) is 48.5 Å². The van der Waals surface area contributed by atoms with Crippen molar-refractivity contribution in [1.29, 1.82) is 0 Å². The summed E-state index contributed by atoms with van der Waals surface area (Å²) in [5, 5.41) is 0. The minimum atomic E-state index is -0.388. The molecule has 0 aromatic heterocycles. The highest BCUT2D eigenvalue weighted by Crippen LogP contribution is 2.27. The highest BCUT2D eigenvalue weighted by Gasteiger charge is 2.10. The maximum atomic E-state index is 11.2. The molecule has 0 N–H and O–H groups in total. The highest BCUT2D eigenvalue weighted by atomic mass is 16.5. The lowest BCUT2D eigenvalue weighted by Crippen LogP contribution is -2.06. The Morgan fingerprint density at radius 1 is 0.905 bits per heavy atom. The zero-order valence-electron chi connectivity index (χ0n) is 12.0. The van der Waals surface area contributed by atoms with Gasteiger partial charge >= 0.3 is 11.9 Å². The Kier molecular flexibility index (Phi) is 4.72. The lowest BCUT2D eigenvalue weighted by molar-refractivity contribution is -0.133. The van der Waals surface area contributed by atoms with Crippen molar-refractivity contribution in [3.05, 3.63) is 59.7 Å². The molecule has 108 valence electrons. The van der Waals surface area contributed by atoms with Crippen LogP contribution in [0, 0.1) is 0 Å². The quantitative estimate of drug-likeness (QED) is 0.639. The lowest BCUT2D eigenvalue weighted by atomic mass is 10.0. The Morgan fingerprint density at radius 2 is 1.57 bits per heavy atom. The van der Waals surface area contributed by atoms with Gasteiger partial charge in [-0.25, -0.2) is 0 Å². The molecule has 0 saturated heterocycles. The van der Waals surface area contributed by atoms with Gasteiger partial charge in [0.25, 0.3) is 0 Å². The van der Waals surface area contributed by atoms with Gasteiger partial charge in [-0.05, 0) is 23.8 Å². The van der Waals surface area contributed by atoms with E-state index in [0.717, 1.165) is 11.1 Å². The first-order chi connectivity index (χ1) is 10.0. The molecule has 0 radical (unpaired) electrons. The first-order valence-electron chi connectivity index (χ1n) is 6.58. The van der Waals surface area contributed by atoms with Gasteiger partial charge in [0.1, 0.15) is 11.5 Å². The van der Waals surface area contributed by atoms with E-state index in [1.807, 2.05) is 30.3 Å². The monoisotopic (exact) mass is 284 g/mol. The summed E-state index contributed by atoms with van der Waals surface area (Å²) in [6.07, 6.45) is 0.582. The molecule has 21 heavy (non-hydrogen) atoms. The summed E-state index contributed by atoms with van der Waals surface area (Å²) in [5.41, 5.74) is 1.86. The van der Waals surface area contributed by atoms with Crippen molar-refractivity contribution in [2.75, 3.05) is 0 Å². The molecular formula is C17H16O4. The Bertz CT molecular complexity index is 647. The maximum absolute atomic E-state index is 11.2. The van der Waals surface area contributed by atoms with Crippen LogP contribution in [0.3, 0.4) is 0 Å². The number of carbonyl (C=O) groups is 2. The van der Waals surface area contributed by atoms with E-state index in [0.29, 0.717) is 17.9 Å². The van der Waals surface area contributed by atoms with E-state index in [4.69, 9.17) is 9.47 Å². The van der Waals surface area contributed by atoms with Crippen molar-refractivity contribution in [2.45, 2.75) is 20.3 Å². The molecule has 0 amide bonds. The molecule has 2 aromatic carbocycles. The fourth-order valence-electron chi connectivity index (χ4n) is 1.99. The summed E-state index contributed by atoms with van der Waals surface area (Å²) < 4.78 is 10.3. The predicted octanol–water partition coefficient (Wildman–Crippen LogP) is 3.13. The normalized spacial score (nSPS) is 10.0. The van der Waals surface area contributed by atoms with Crippen LogP contribution in [0.1, 0.15) is 25.0 Å². The maximum Gasteiger partial charge on any atom is 0.308 e. The summed E-state index contributed by atoms with van der Waals surface area (Å²) in [4.78, 5) is 22.2. The summed E-state index contributed by atoms with van der Waals surface area (Å²) in [5.74, 6) is 0.136. The number of benzene rings is 2. The van der Waals surface area contributed by atoms with Crippen LogP contribution in [0.5, 0.6) is 11.5 Å². The van der Waals surface area contributed by atoms with Gasteiger partial charge in [0.2, 0.25) is 0 Å². The summed E-state index contributed by atoms with van der Waals surface area (Å²) >= 11 is 0. The molecule has 0 atom stereocenters. The van der Waals surface area contributed by atoms with Crippen molar-refractivity contribution in [1.82, 2.24) is 0 Å². The Labute approximate surface area is 123 Å². The molecule has 2 rings (SSSR count). The largest absolute Gasteiger partial charge is 0.427 e. The molecule has 4 nitrogen and oxygen atoms in total. The van der Waals surface area contributed by atoms with Crippen LogP contribution in [0.4, 0.5) is 0 Å². The summed E-state index contributed by atoms with van der Waals surface area (Å²) in [6, 6.07) is 14.7. The van der Waals surface area contributed by atoms with Crippen LogP contribution in [-0.4, -0.2) is 11.9 Å². The van der Waals surface area contributed by atoms with E-state index >= 15 is 0 Å². The fourth-order valence-corrected chi connectivity index (χ4v) is 1.99. The molecule has 0 aliphatic carbocycles. The molecule has 0 saturated carbocycles. The average Bonchev–Trinajstić information content (AvgIpc) is 2.42. The average molecular weight is 284 g/mol. The third-order valence-electron chi connectivity index (χ3n) is 2.78. The lowest BCUT2D eigenvalue weighted by Gasteiger charge is -2.11. The minimum Gasteiger partial charge on any atom is -0.427 e. The second-order valence-electron chi connectivity index (χ2n) is 4.62. The minimum absolute atomic E-state index is 0.385. The Morgan fingerprint density at radius 3 is 2.19 bits per heavy atom. The number of ether oxygens (including phenoxy) is 2. The second-order valence-corrected chi connectivity index (χ2v) is 4.62. The SMILES string of the molecule is CC(=O)Oc1ccc(OC(C)=O)c(Cc2ccccc2)c1. The van der Waals surface area contributed by atoms with Crippen LogP contribution >= 0.6 is 0 Å². The van der Waals surface area contributed by atoms with Gasteiger partial charge in [0.05, 0.1) is 0 Å². The van der Waals surface area contributed by atoms with Gasteiger partial charge in [-0.2, -0.15) is 0 Å². The van der Waals surface area contributed by atoms with Crippen molar-refractivity contribution >= 4 is 11.9 Å². The van der Waals surface area contributed by atoms with Gasteiger partial charge in [-0.15, -0.1) is 0 Å². The van der Waals surface area contributed by atoms with Gasteiger partial charge in [0, 0.05) is 25.8 Å². The van der Waals surface area contributed by atoms with E-state index in [9.17, 15) is 9.59 Å². The van der Waals surface area contributed by atoms with E-state index < -0.39 is 0 Å². The number of hydrogen-bond donors (Lipinski definition) is 0. The van der Waals surface area contributed by atoms with Crippen LogP contribution in [0.2, 0.25) is 0 Å². The number of esters is 2.